The van der Waals surface area contributed by atoms with Gasteiger partial charge < -0.3 is 17.2 Å². The molecule has 0 aromatic heterocycles. The summed E-state index contributed by atoms with van der Waals surface area (Å²) in [7, 11) is -2.86. The zero-order chi connectivity index (χ0) is 14.2. The van der Waals surface area contributed by atoms with Gasteiger partial charge in [0.1, 0.15) is 0 Å². The zero-order valence-electron chi connectivity index (χ0n) is 13.5. The topological polar surface area (TPSA) is 23.1 Å². The van der Waals surface area contributed by atoms with Gasteiger partial charge in [-0.1, -0.05) is 53.3 Å². The van der Waals surface area contributed by atoms with E-state index in [4.69, 9.17) is 0 Å². The van der Waals surface area contributed by atoms with Crippen LogP contribution < -0.4 is 27.6 Å². The fraction of sp³-hybridized carbons (Fsp3) is 0.294. The van der Waals surface area contributed by atoms with Crippen LogP contribution in [0.25, 0.3) is 0 Å². The molecule has 0 aliphatic heterocycles. The first-order valence-corrected chi connectivity index (χ1v) is 9.10. The van der Waals surface area contributed by atoms with Gasteiger partial charge in [0.05, 0.1) is 0 Å². The van der Waals surface area contributed by atoms with Gasteiger partial charge in [0.15, 0.2) is 0 Å². The normalized spacial score (nSPS) is 10.6. The van der Waals surface area contributed by atoms with Crippen LogP contribution in [0.3, 0.4) is 0 Å². The van der Waals surface area contributed by atoms with Crippen molar-refractivity contribution in [2.24, 2.45) is 0 Å². The SMILES string of the molecule is Cc1cccc([Si](C)([O-])c2cccc(C)c2C)c1C.[Cl-].[Mg+2]. The largest absolute Gasteiger partial charge is 2.00 e. The van der Waals surface area contributed by atoms with Crippen LogP contribution in [-0.2, 0) is 0 Å². The van der Waals surface area contributed by atoms with Crippen molar-refractivity contribution in [2.75, 3.05) is 0 Å². The number of rotatable bonds is 2. The van der Waals surface area contributed by atoms with E-state index in [0.717, 1.165) is 21.5 Å². The van der Waals surface area contributed by atoms with Crippen LogP contribution >= 0.6 is 0 Å². The molecule has 0 radical (unpaired) electrons. The summed E-state index contributed by atoms with van der Waals surface area (Å²) in [5, 5.41) is 2.03. The fourth-order valence-electron chi connectivity index (χ4n) is 2.68. The van der Waals surface area contributed by atoms with E-state index in [1.807, 2.05) is 30.8 Å². The second-order valence-electron chi connectivity index (χ2n) is 5.53. The van der Waals surface area contributed by atoms with E-state index in [1.54, 1.807) is 0 Å². The van der Waals surface area contributed by atoms with E-state index in [-0.39, 0.29) is 35.5 Å². The van der Waals surface area contributed by atoms with E-state index in [0.29, 0.717) is 0 Å². The van der Waals surface area contributed by atoms with Crippen LogP contribution in [0.1, 0.15) is 22.3 Å². The van der Waals surface area contributed by atoms with E-state index < -0.39 is 8.32 Å². The molecule has 2 aromatic rings. The van der Waals surface area contributed by atoms with Crippen LogP contribution in [0.2, 0.25) is 6.55 Å². The smallest absolute Gasteiger partial charge is 1.00 e. The number of halogens is 1. The summed E-state index contributed by atoms with van der Waals surface area (Å²) >= 11 is 0. The van der Waals surface area contributed by atoms with Crippen molar-refractivity contribution in [2.45, 2.75) is 34.2 Å². The Labute approximate surface area is 151 Å². The summed E-state index contributed by atoms with van der Waals surface area (Å²) in [6.07, 6.45) is 0. The first kappa shape index (κ1) is 20.7. The van der Waals surface area contributed by atoms with Gasteiger partial charge in [-0.15, -0.1) is 0 Å². The standard InChI is InChI=1S/C17H21OSi.ClH.Mg/c1-12-8-6-10-16(14(12)3)19(5,18)17-11-7-9-13(2)15(17)4;;/h6-11H,1-5H3;1H;/q-1;;+2/p-1. The summed E-state index contributed by atoms with van der Waals surface area (Å²) in [6, 6.07) is 12.2. The second-order valence-corrected chi connectivity index (χ2v) is 8.67. The molecule has 2 rings (SSSR count). The van der Waals surface area contributed by atoms with Gasteiger partial charge in [0.25, 0.3) is 0 Å². The van der Waals surface area contributed by atoms with Crippen molar-refractivity contribution >= 4 is 41.7 Å². The van der Waals surface area contributed by atoms with Crippen molar-refractivity contribution in [3.63, 3.8) is 0 Å². The Kier molecular flexibility index (Phi) is 7.67. The molecule has 1 nitrogen and oxygen atoms in total. The maximum atomic E-state index is 13.4. The van der Waals surface area contributed by atoms with E-state index in [9.17, 15) is 4.80 Å². The molecule has 0 bridgehead atoms. The summed E-state index contributed by atoms with van der Waals surface area (Å²) < 4.78 is 0. The fourth-order valence-corrected chi connectivity index (χ4v) is 5.63. The molecule has 0 unspecified atom stereocenters. The predicted octanol–water partition coefficient (Wildman–Crippen LogP) is -1.41. The average Bonchev–Trinajstić information content (AvgIpc) is 2.35. The number of hydrogen-bond acceptors (Lipinski definition) is 1. The average molecular weight is 329 g/mol. The van der Waals surface area contributed by atoms with Gasteiger partial charge in [-0.25, -0.2) is 0 Å². The minimum Gasteiger partial charge on any atom is -1.00 e. The number of hydrogen-bond donors (Lipinski definition) is 0. The van der Waals surface area contributed by atoms with E-state index in [1.165, 1.54) is 11.1 Å². The molecule has 0 atom stereocenters. The van der Waals surface area contributed by atoms with Crippen molar-refractivity contribution < 1.29 is 17.2 Å². The molecule has 0 spiro atoms. The number of benzene rings is 2. The monoisotopic (exact) mass is 328 g/mol. The summed E-state index contributed by atoms with van der Waals surface area (Å²) in [5.74, 6) is 0. The van der Waals surface area contributed by atoms with Crippen molar-refractivity contribution in [1.82, 2.24) is 0 Å². The van der Waals surface area contributed by atoms with Crippen LogP contribution in [0.15, 0.2) is 36.4 Å². The Hall–Kier alpha value is -0.327. The second kappa shape index (κ2) is 7.79. The maximum absolute atomic E-state index is 13.4. The maximum Gasteiger partial charge on any atom is 2.00 e. The molecule has 0 aliphatic carbocycles. The molecule has 0 aliphatic rings. The molecule has 108 valence electrons. The minimum absolute atomic E-state index is 0. The third kappa shape index (κ3) is 3.90. The Morgan fingerprint density at radius 2 is 1.10 bits per heavy atom. The molecule has 0 heterocycles. The first-order chi connectivity index (χ1) is 8.85. The van der Waals surface area contributed by atoms with Gasteiger partial charge >= 0.3 is 23.1 Å². The molecule has 0 saturated carbocycles. The summed E-state index contributed by atoms with van der Waals surface area (Å²) in [5.41, 5.74) is 4.73. The van der Waals surface area contributed by atoms with Gasteiger partial charge in [0, 0.05) is 8.32 Å². The van der Waals surface area contributed by atoms with E-state index >= 15 is 0 Å². The molecule has 0 fully saturated rings. The number of aryl methyl sites for hydroxylation is 2. The third-order valence-electron chi connectivity index (χ3n) is 4.24. The quantitative estimate of drug-likeness (QED) is 0.621. The molecule has 0 saturated heterocycles. The molecule has 2 aromatic carbocycles. The molecule has 0 amide bonds. The molecule has 21 heavy (non-hydrogen) atoms. The van der Waals surface area contributed by atoms with E-state index in [2.05, 4.69) is 39.8 Å². The Morgan fingerprint density at radius 1 is 0.762 bits per heavy atom. The Morgan fingerprint density at radius 3 is 1.43 bits per heavy atom. The third-order valence-corrected chi connectivity index (χ3v) is 7.38. The Balaban J connectivity index is 0.00000200. The van der Waals surface area contributed by atoms with Gasteiger partial charge in [-0.3, -0.25) is 0 Å². The van der Waals surface area contributed by atoms with Crippen LogP contribution in [0.5, 0.6) is 0 Å². The molecular weight excluding hydrogens is 308 g/mol. The molecular formula is C17H21ClMgOSi. The minimum atomic E-state index is -2.86. The van der Waals surface area contributed by atoms with Gasteiger partial charge in [-0.2, -0.15) is 0 Å². The van der Waals surface area contributed by atoms with Crippen molar-refractivity contribution in [3.8, 4) is 0 Å². The summed E-state index contributed by atoms with van der Waals surface area (Å²) in [4.78, 5) is 13.4. The van der Waals surface area contributed by atoms with Crippen molar-refractivity contribution in [3.05, 3.63) is 58.7 Å². The molecule has 4 heteroatoms. The summed E-state index contributed by atoms with van der Waals surface area (Å²) in [6.45, 7) is 10.2. The Bertz CT molecular complexity index is 573. The van der Waals surface area contributed by atoms with Crippen LogP contribution in [0.4, 0.5) is 0 Å². The van der Waals surface area contributed by atoms with Gasteiger partial charge in [0.2, 0.25) is 0 Å². The van der Waals surface area contributed by atoms with Crippen LogP contribution in [0, 0.1) is 27.7 Å². The van der Waals surface area contributed by atoms with Crippen LogP contribution in [-0.4, -0.2) is 31.4 Å². The van der Waals surface area contributed by atoms with Gasteiger partial charge in [-0.05, 0) is 49.9 Å². The predicted molar refractivity (Wildman–Crippen MR) is 88.5 cm³/mol. The van der Waals surface area contributed by atoms with Crippen molar-refractivity contribution in [1.29, 1.82) is 0 Å². The first-order valence-electron chi connectivity index (χ1n) is 6.69. The molecule has 0 N–H and O–H groups in total. The zero-order valence-corrected chi connectivity index (χ0v) is 16.6.